The Morgan fingerprint density at radius 2 is 2.00 bits per heavy atom. The minimum atomic E-state index is -4.40. The normalized spacial score (nSPS) is 11.3. The molecule has 0 bridgehead atoms. The molecule has 0 N–H and O–H groups in total. The fourth-order valence-corrected chi connectivity index (χ4v) is 1.36. The number of alkyl halides is 3. The standard InChI is InChI=1S/C11H11F3O2/c1-7(15)5-8-6-9(11(12,13)14)3-4-10(8)16-2/h3-4,6H,5H2,1-2H3. The predicted molar refractivity (Wildman–Crippen MR) is 52.4 cm³/mol. The molecule has 0 unspecified atom stereocenters. The molecule has 0 aliphatic carbocycles. The molecule has 0 spiro atoms. The highest BCUT2D eigenvalue weighted by Gasteiger charge is 2.31. The lowest BCUT2D eigenvalue weighted by atomic mass is 10.0. The van der Waals surface area contributed by atoms with Crippen molar-refractivity contribution < 1.29 is 22.7 Å². The summed E-state index contributed by atoms with van der Waals surface area (Å²) >= 11 is 0. The number of Topliss-reactive ketones (excluding diaryl/α,β-unsaturated/α-hetero) is 1. The van der Waals surface area contributed by atoms with Gasteiger partial charge in [0.2, 0.25) is 0 Å². The first-order chi connectivity index (χ1) is 7.34. The third kappa shape index (κ3) is 2.98. The Morgan fingerprint density at radius 1 is 1.38 bits per heavy atom. The van der Waals surface area contributed by atoms with Crippen LogP contribution in [0.15, 0.2) is 18.2 Å². The van der Waals surface area contributed by atoms with Crippen molar-refractivity contribution in [1.29, 1.82) is 0 Å². The van der Waals surface area contributed by atoms with Crippen molar-refractivity contribution in [2.45, 2.75) is 19.5 Å². The second-order valence-corrected chi connectivity index (χ2v) is 3.40. The van der Waals surface area contributed by atoms with E-state index in [2.05, 4.69) is 0 Å². The van der Waals surface area contributed by atoms with Gasteiger partial charge in [-0.3, -0.25) is 4.79 Å². The van der Waals surface area contributed by atoms with E-state index >= 15 is 0 Å². The Morgan fingerprint density at radius 3 is 2.44 bits per heavy atom. The number of methoxy groups -OCH3 is 1. The SMILES string of the molecule is COc1ccc(C(F)(F)F)cc1CC(C)=O. The van der Waals surface area contributed by atoms with E-state index in [0.717, 1.165) is 12.1 Å². The van der Waals surface area contributed by atoms with Crippen molar-refractivity contribution in [1.82, 2.24) is 0 Å². The second-order valence-electron chi connectivity index (χ2n) is 3.40. The Kier molecular flexibility index (Phi) is 3.57. The molecule has 2 nitrogen and oxygen atoms in total. The van der Waals surface area contributed by atoms with Gasteiger partial charge < -0.3 is 4.74 Å². The molecule has 16 heavy (non-hydrogen) atoms. The Balaban J connectivity index is 3.16. The molecular weight excluding hydrogens is 221 g/mol. The molecule has 0 amide bonds. The summed E-state index contributed by atoms with van der Waals surface area (Å²) in [5.74, 6) is 0.0841. The number of hydrogen-bond donors (Lipinski definition) is 0. The highest BCUT2D eigenvalue weighted by Crippen LogP contribution is 2.32. The molecule has 0 aliphatic rings. The van der Waals surface area contributed by atoms with E-state index in [0.29, 0.717) is 5.75 Å². The third-order valence-electron chi connectivity index (χ3n) is 2.05. The van der Waals surface area contributed by atoms with E-state index < -0.39 is 11.7 Å². The number of carbonyl (C=O) groups excluding carboxylic acids is 1. The molecular formula is C11H11F3O2. The van der Waals surface area contributed by atoms with E-state index in [1.165, 1.54) is 20.1 Å². The molecule has 1 aromatic rings. The van der Waals surface area contributed by atoms with Gasteiger partial charge in [0.1, 0.15) is 11.5 Å². The average molecular weight is 232 g/mol. The van der Waals surface area contributed by atoms with Crippen LogP contribution in [0.4, 0.5) is 13.2 Å². The van der Waals surface area contributed by atoms with E-state index in [1.54, 1.807) is 0 Å². The summed E-state index contributed by atoms with van der Waals surface area (Å²) in [6.07, 6.45) is -4.47. The summed E-state index contributed by atoms with van der Waals surface area (Å²) in [7, 11) is 1.35. The van der Waals surface area contributed by atoms with Gasteiger partial charge in [-0.25, -0.2) is 0 Å². The third-order valence-corrected chi connectivity index (χ3v) is 2.05. The topological polar surface area (TPSA) is 26.3 Å². The molecule has 0 saturated heterocycles. The van der Waals surface area contributed by atoms with Crippen LogP contribution < -0.4 is 4.74 Å². The largest absolute Gasteiger partial charge is 0.496 e. The first-order valence-corrected chi connectivity index (χ1v) is 4.58. The van der Waals surface area contributed by atoms with Crippen LogP contribution in [0, 0.1) is 0 Å². The van der Waals surface area contributed by atoms with Crippen molar-refractivity contribution in [2.75, 3.05) is 7.11 Å². The average Bonchev–Trinajstić information content (AvgIpc) is 2.15. The van der Waals surface area contributed by atoms with E-state index in [1.807, 2.05) is 0 Å². The maximum atomic E-state index is 12.4. The van der Waals surface area contributed by atoms with Gasteiger partial charge in [-0.15, -0.1) is 0 Å². The smallest absolute Gasteiger partial charge is 0.416 e. The van der Waals surface area contributed by atoms with Crippen molar-refractivity contribution >= 4 is 5.78 Å². The van der Waals surface area contributed by atoms with Gasteiger partial charge in [0.25, 0.3) is 0 Å². The van der Waals surface area contributed by atoms with E-state index in [9.17, 15) is 18.0 Å². The quantitative estimate of drug-likeness (QED) is 0.801. The summed E-state index contributed by atoms with van der Waals surface area (Å²) in [4.78, 5) is 10.9. The summed E-state index contributed by atoms with van der Waals surface area (Å²) < 4.78 is 42.1. The van der Waals surface area contributed by atoms with Crippen molar-refractivity contribution in [2.24, 2.45) is 0 Å². The fourth-order valence-electron chi connectivity index (χ4n) is 1.36. The maximum absolute atomic E-state index is 12.4. The number of benzene rings is 1. The number of hydrogen-bond acceptors (Lipinski definition) is 2. The van der Waals surface area contributed by atoms with Crippen molar-refractivity contribution in [3.8, 4) is 5.75 Å². The van der Waals surface area contributed by atoms with Gasteiger partial charge in [0.15, 0.2) is 0 Å². The number of carbonyl (C=O) groups is 1. The molecule has 0 fully saturated rings. The Hall–Kier alpha value is -1.52. The number of rotatable bonds is 3. The predicted octanol–water partition coefficient (Wildman–Crippen LogP) is 2.85. The van der Waals surface area contributed by atoms with Crippen LogP contribution in [0.1, 0.15) is 18.1 Å². The second kappa shape index (κ2) is 4.55. The lowest BCUT2D eigenvalue weighted by Gasteiger charge is -2.11. The summed E-state index contributed by atoms with van der Waals surface area (Å²) in [5, 5.41) is 0. The van der Waals surface area contributed by atoms with Gasteiger partial charge in [-0.05, 0) is 25.1 Å². The van der Waals surface area contributed by atoms with Crippen LogP contribution >= 0.6 is 0 Å². The first-order valence-electron chi connectivity index (χ1n) is 4.58. The van der Waals surface area contributed by atoms with Crippen LogP contribution in [0.3, 0.4) is 0 Å². The molecule has 5 heteroatoms. The van der Waals surface area contributed by atoms with Gasteiger partial charge in [0.05, 0.1) is 12.7 Å². The fraction of sp³-hybridized carbons (Fsp3) is 0.364. The molecule has 1 rings (SSSR count). The molecule has 88 valence electrons. The first kappa shape index (κ1) is 12.5. The van der Waals surface area contributed by atoms with Crippen molar-refractivity contribution in [3.05, 3.63) is 29.3 Å². The zero-order valence-electron chi connectivity index (χ0n) is 8.89. The highest BCUT2D eigenvalue weighted by molar-refractivity contribution is 5.79. The molecule has 0 heterocycles. The molecule has 0 aromatic heterocycles. The zero-order chi connectivity index (χ0) is 12.3. The minimum Gasteiger partial charge on any atom is -0.496 e. The van der Waals surface area contributed by atoms with Gasteiger partial charge >= 0.3 is 6.18 Å². The molecule has 0 atom stereocenters. The summed E-state index contributed by atoms with van der Waals surface area (Å²) in [6, 6.07) is 3.10. The summed E-state index contributed by atoms with van der Waals surface area (Å²) in [5.41, 5.74) is -0.519. The lowest BCUT2D eigenvalue weighted by molar-refractivity contribution is -0.137. The van der Waals surface area contributed by atoms with Gasteiger partial charge in [-0.1, -0.05) is 0 Å². The minimum absolute atomic E-state index is 0.0624. The molecule has 1 aromatic carbocycles. The van der Waals surface area contributed by atoms with Crippen LogP contribution in [0.5, 0.6) is 5.75 Å². The summed E-state index contributed by atoms with van der Waals surface area (Å²) in [6.45, 7) is 1.32. The van der Waals surface area contributed by atoms with E-state index in [-0.39, 0.29) is 17.8 Å². The Labute approximate surface area is 91.0 Å². The van der Waals surface area contributed by atoms with Crippen LogP contribution in [-0.2, 0) is 17.4 Å². The van der Waals surface area contributed by atoms with Crippen LogP contribution in [0.2, 0.25) is 0 Å². The number of ether oxygens (including phenoxy) is 1. The molecule has 0 aliphatic heterocycles. The number of halogens is 3. The number of ketones is 1. The van der Waals surface area contributed by atoms with Crippen LogP contribution in [-0.4, -0.2) is 12.9 Å². The van der Waals surface area contributed by atoms with Gasteiger partial charge in [-0.2, -0.15) is 13.2 Å². The monoisotopic (exact) mass is 232 g/mol. The van der Waals surface area contributed by atoms with Gasteiger partial charge in [0, 0.05) is 12.0 Å². The highest BCUT2D eigenvalue weighted by atomic mass is 19.4. The Bertz CT molecular complexity index is 397. The van der Waals surface area contributed by atoms with E-state index in [4.69, 9.17) is 4.74 Å². The molecule has 0 radical (unpaired) electrons. The molecule has 0 saturated carbocycles. The lowest BCUT2D eigenvalue weighted by Crippen LogP contribution is -2.07. The van der Waals surface area contributed by atoms with Crippen molar-refractivity contribution in [3.63, 3.8) is 0 Å². The zero-order valence-corrected chi connectivity index (χ0v) is 8.89. The van der Waals surface area contributed by atoms with Crippen LogP contribution in [0.25, 0.3) is 0 Å². The maximum Gasteiger partial charge on any atom is 0.416 e.